The number of nitrogens with zero attached hydrogens (tertiary/aromatic N) is 1. The molecular weight excluding hydrogens is 236 g/mol. The van der Waals surface area contributed by atoms with E-state index < -0.39 is 0 Å². The average Bonchev–Trinajstić information content (AvgIpc) is 2.39. The van der Waals surface area contributed by atoms with Crippen LogP contribution in [0.15, 0.2) is 42.6 Å². The van der Waals surface area contributed by atoms with E-state index in [1.54, 1.807) is 0 Å². The van der Waals surface area contributed by atoms with Crippen LogP contribution in [0.3, 0.4) is 0 Å². The summed E-state index contributed by atoms with van der Waals surface area (Å²) in [6, 6.07) is 11.7. The van der Waals surface area contributed by atoms with E-state index in [4.69, 9.17) is 10.5 Å². The van der Waals surface area contributed by atoms with Gasteiger partial charge in [0.2, 0.25) is 5.88 Å². The third-order valence-electron chi connectivity index (χ3n) is 2.98. The Balaban J connectivity index is 2.10. The SMILES string of the molecule is CC(C)(C)c1ccc(Oc2ccc(CN)cc2)nc1. The second kappa shape index (κ2) is 5.41. The molecule has 1 aromatic carbocycles. The van der Waals surface area contributed by atoms with E-state index in [9.17, 15) is 0 Å². The monoisotopic (exact) mass is 256 g/mol. The van der Waals surface area contributed by atoms with Gasteiger partial charge in [-0.15, -0.1) is 0 Å². The Hall–Kier alpha value is -1.87. The summed E-state index contributed by atoms with van der Waals surface area (Å²) in [4.78, 5) is 4.34. The number of ether oxygens (including phenoxy) is 1. The van der Waals surface area contributed by atoms with Crippen LogP contribution in [0.5, 0.6) is 11.6 Å². The third-order valence-corrected chi connectivity index (χ3v) is 2.98. The maximum atomic E-state index is 5.69. The number of pyridine rings is 1. The first-order valence-electron chi connectivity index (χ1n) is 6.42. The van der Waals surface area contributed by atoms with Crippen molar-refractivity contribution in [2.24, 2.45) is 5.73 Å². The highest BCUT2D eigenvalue weighted by atomic mass is 16.5. The summed E-state index contributed by atoms with van der Waals surface area (Å²) in [5, 5.41) is 0. The molecule has 0 unspecified atom stereocenters. The van der Waals surface area contributed by atoms with E-state index in [0.717, 1.165) is 11.3 Å². The molecule has 0 aliphatic carbocycles. The summed E-state index contributed by atoms with van der Waals surface area (Å²) in [6.45, 7) is 7.03. The molecule has 1 heterocycles. The molecule has 0 bridgehead atoms. The molecule has 0 saturated heterocycles. The van der Waals surface area contributed by atoms with Crippen molar-refractivity contribution in [2.75, 3.05) is 0 Å². The zero-order chi connectivity index (χ0) is 13.9. The van der Waals surface area contributed by atoms with E-state index in [1.165, 1.54) is 5.56 Å². The molecule has 2 aromatic rings. The molecular formula is C16H20N2O. The van der Waals surface area contributed by atoms with Crippen LogP contribution >= 0.6 is 0 Å². The van der Waals surface area contributed by atoms with Crippen molar-refractivity contribution < 1.29 is 4.74 Å². The van der Waals surface area contributed by atoms with Gasteiger partial charge in [0.1, 0.15) is 5.75 Å². The van der Waals surface area contributed by atoms with E-state index in [2.05, 4.69) is 31.8 Å². The van der Waals surface area contributed by atoms with Gasteiger partial charge in [-0.1, -0.05) is 39.0 Å². The largest absolute Gasteiger partial charge is 0.439 e. The Bertz CT molecular complexity index is 524. The van der Waals surface area contributed by atoms with Gasteiger partial charge in [-0.05, 0) is 28.7 Å². The van der Waals surface area contributed by atoms with Crippen molar-refractivity contribution in [3.05, 3.63) is 53.7 Å². The van der Waals surface area contributed by atoms with Gasteiger partial charge in [0, 0.05) is 18.8 Å². The van der Waals surface area contributed by atoms with Crippen LogP contribution < -0.4 is 10.5 Å². The number of benzene rings is 1. The summed E-state index contributed by atoms with van der Waals surface area (Å²) in [5.74, 6) is 1.38. The fourth-order valence-electron chi connectivity index (χ4n) is 1.70. The quantitative estimate of drug-likeness (QED) is 0.912. The predicted molar refractivity (Wildman–Crippen MR) is 77.3 cm³/mol. The first-order chi connectivity index (χ1) is 8.99. The van der Waals surface area contributed by atoms with Crippen molar-refractivity contribution in [3.63, 3.8) is 0 Å². The summed E-state index contributed by atoms with van der Waals surface area (Å²) in [6.07, 6.45) is 1.86. The van der Waals surface area contributed by atoms with Crippen LogP contribution in [0.4, 0.5) is 0 Å². The molecule has 1 aromatic heterocycles. The van der Waals surface area contributed by atoms with E-state index in [0.29, 0.717) is 12.4 Å². The van der Waals surface area contributed by atoms with Gasteiger partial charge < -0.3 is 10.5 Å². The lowest BCUT2D eigenvalue weighted by Crippen LogP contribution is -2.11. The Kier molecular flexibility index (Phi) is 3.86. The van der Waals surface area contributed by atoms with Gasteiger partial charge in [-0.25, -0.2) is 4.98 Å². The Morgan fingerprint density at radius 1 is 1.05 bits per heavy atom. The summed E-state index contributed by atoms with van der Waals surface area (Å²) >= 11 is 0. The molecule has 3 heteroatoms. The minimum Gasteiger partial charge on any atom is -0.439 e. The molecule has 0 fully saturated rings. The fraction of sp³-hybridized carbons (Fsp3) is 0.312. The van der Waals surface area contributed by atoms with E-state index >= 15 is 0 Å². The van der Waals surface area contributed by atoms with Crippen LogP contribution in [0, 0.1) is 0 Å². The number of rotatable bonds is 3. The van der Waals surface area contributed by atoms with Crippen LogP contribution in [0.1, 0.15) is 31.9 Å². The van der Waals surface area contributed by atoms with Crippen molar-refractivity contribution in [3.8, 4) is 11.6 Å². The highest BCUT2D eigenvalue weighted by molar-refractivity contribution is 5.31. The number of hydrogen-bond donors (Lipinski definition) is 1. The summed E-state index contributed by atoms with van der Waals surface area (Å²) < 4.78 is 5.69. The van der Waals surface area contributed by atoms with Crippen LogP contribution in [0.2, 0.25) is 0 Å². The smallest absolute Gasteiger partial charge is 0.219 e. The minimum absolute atomic E-state index is 0.105. The normalized spacial score (nSPS) is 11.4. The zero-order valence-corrected chi connectivity index (χ0v) is 11.7. The first kappa shape index (κ1) is 13.6. The molecule has 0 amide bonds. The number of hydrogen-bond acceptors (Lipinski definition) is 3. The molecule has 0 atom stereocenters. The van der Waals surface area contributed by atoms with Crippen LogP contribution in [-0.4, -0.2) is 4.98 Å². The summed E-state index contributed by atoms with van der Waals surface area (Å²) in [5.41, 5.74) is 7.94. The molecule has 0 aliphatic heterocycles. The van der Waals surface area contributed by atoms with Gasteiger partial charge in [0.05, 0.1) is 0 Å². The number of nitrogens with two attached hydrogens (primary N) is 1. The molecule has 2 N–H and O–H groups in total. The molecule has 100 valence electrons. The van der Waals surface area contributed by atoms with Gasteiger partial charge in [-0.2, -0.15) is 0 Å². The molecule has 3 nitrogen and oxygen atoms in total. The Morgan fingerprint density at radius 3 is 2.21 bits per heavy atom. The lowest BCUT2D eigenvalue weighted by molar-refractivity contribution is 0.460. The molecule has 19 heavy (non-hydrogen) atoms. The zero-order valence-electron chi connectivity index (χ0n) is 11.7. The minimum atomic E-state index is 0.105. The van der Waals surface area contributed by atoms with Crippen molar-refractivity contribution in [2.45, 2.75) is 32.7 Å². The fourth-order valence-corrected chi connectivity index (χ4v) is 1.70. The lowest BCUT2D eigenvalue weighted by Gasteiger charge is -2.18. The highest BCUT2D eigenvalue weighted by Gasteiger charge is 2.13. The third kappa shape index (κ3) is 3.55. The van der Waals surface area contributed by atoms with Gasteiger partial charge in [0.15, 0.2) is 0 Å². The molecule has 0 radical (unpaired) electrons. The highest BCUT2D eigenvalue weighted by Crippen LogP contribution is 2.24. The average molecular weight is 256 g/mol. The topological polar surface area (TPSA) is 48.1 Å². The maximum absolute atomic E-state index is 5.69. The van der Waals surface area contributed by atoms with E-state index in [-0.39, 0.29) is 5.41 Å². The predicted octanol–water partition coefficient (Wildman–Crippen LogP) is 3.63. The molecule has 2 rings (SSSR count). The van der Waals surface area contributed by atoms with Gasteiger partial charge in [0.25, 0.3) is 0 Å². The van der Waals surface area contributed by atoms with Gasteiger partial charge in [-0.3, -0.25) is 0 Å². The van der Waals surface area contributed by atoms with Crippen molar-refractivity contribution in [1.29, 1.82) is 0 Å². The van der Waals surface area contributed by atoms with E-state index in [1.807, 2.05) is 36.5 Å². The molecule has 0 saturated carbocycles. The lowest BCUT2D eigenvalue weighted by atomic mass is 9.88. The number of aromatic nitrogens is 1. The Morgan fingerprint density at radius 2 is 1.74 bits per heavy atom. The van der Waals surface area contributed by atoms with Crippen molar-refractivity contribution in [1.82, 2.24) is 4.98 Å². The second-order valence-electron chi connectivity index (χ2n) is 5.59. The van der Waals surface area contributed by atoms with Crippen LogP contribution in [0.25, 0.3) is 0 Å². The maximum Gasteiger partial charge on any atom is 0.219 e. The standard InChI is InChI=1S/C16H20N2O/c1-16(2,3)13-6-9-15(18-11-13)19-14-7-4-12(10-17)5-8-14/h4-9,11H,10,17H2,1-3H3. The van der Waals surface area contributed by atoms with Gasteiger partial charge >= 0.3 is 0 Å². The molecule has 0 aliphatic rings. The second-order valence-corrected chi connectivity index (χ2v) is 5.59. The van der Waals surface area contributed by atoms with Crippen LogP contribution in [-0.2, 0) is 12.0 Å². The Labute approximate surface area is 114 Å². The van der Waals surface area contributed by atoms with Crippen molar-refractivity contribution >= 4 is 0 Å². The molecule has 0 spiro atoms. The first-order valence-corrected chi connectivity index (χ1v) is 6.42. The summed E-state index contributed by atoms with van der Waals surface area (Å²) in [7, 11) is 0.